The molecule has 0 saturated carbocycles. The zero-order chi connectivity index (χ0) is 16.8. The molecule has 1 atom stereocenters. The molecule has 7 nitrogen and oxygen atoms in total. The number of aryl methyl sites for hydroxylation is 1. The van der Waals surface area contributed by atoms with Crippen molar-refractivity contribution >= 4 is 17.6 Å². The van der Waals surface area contributed by atoms with Crippen molar-refractivity contribution in [2.45, 2.75) is 13.0 Å². The summed E-state index contributed by atoms with van der Waals surface area (Å²) in [4.78, 5) is 25.6. The Balaban J connectivity index is 1.94. The molecule has 0 spiro atoms. The first-order valence-electron chi connectivity index (χ1n) is 7.20. The lowest BCUT2D eigenvalue weighted by Gasteiger charge is -2.25. The summed E-state index contributed by atoms with van der Waals surface area (Å²) in [5, 5.41) is 8.51. The van der Waals surface area contributed by atoms with Gasteiger partial charge in [0.1, 0.15) is 6.26 Å². The number of rotatable bonds is 5. The third kappa shape index (κ3) is 4.65. The van der Waals surface area contributed by atoms with Gasteiger partial charge in [0.2, 0.25) is 0 Å². The van der Waals surface area contributed by atoms with E-state index in [1.54, 1.807) is 0 Å². The molecular weight excluding hydrogens is 296 g/mol. The number of benzene rings is 1. The van der Waals surface area contributed by atoms with Crippen molar-refractivity contribution in [1.82, 2.24) is 15.4 Å². The first-order chi connectivity index (χ1) is 11.0. The Bertz CT molecular complexity index is 650. The van der Waals surface area contributed by atoms with Crippen LogP contribution >= 0.6 is 0 Å². The van der Waals surface area contributed by atoms with Crippen molar-refractivity contribution in [2.75, 3.05) is 26.0 Å². The SMILES string of the molecule is Cc1ccc(C(CNC(=O)C(=O)Nc2ccon2)N(C)C)cc1. The Kier molecular flexibility index (Phi) is 5.48. The Morgan fingerprint density at radius 3 is 2.43 bits per heavy atom. The second-order valence-corrected chi connectivity index (χ2v) is 5.44. The summed E-state index contributed by atoms with van der Waals surface area (Å²) in [7, 11) is 3.85. The van der Waals surface area contributed by atoms with Gasteiger partial charge < -0.3 is 14.7 Å². The van der Waals surface area contributed by atoms with Crippen LogP contribution in [0.4, 0.5) is 5.82 Å². The minimum absolute atomic E-state index is 0.0283. The number of hydrogen-bond acceptors (Lipinski definition) is 5. The second kappa shape index (κ2) is 7.55. The van der Waals surface area contributed by atoms with Gasteiger partial charge in [0.15, 0.2) is 5.82 Å². The number of nitrogens with zero attached hydrogens (tertiary/aromatic N) is 2. The second-order valence-electron chi connectivity index (χ2n) is 5.44. The lowest BCUT2D eigenvalue weighted by Crippen LogP contribution is -2.40. The maximum Gasteiger partial charge on any atom is 0.314 e. The van der Waals surface area contributed by atoms with Crippen molar-refractivity contribution in [3.63, 3.8) is 0 Å². The van der Waals surface area contributed by atoms with Crippen LogP contribution < -0.4 is 10.6 Å². The van der Waals surface area contributed by atoms with Gasteiger partial charge in [0.05, 0.1) is 6.04 Å². The first kappa shape index (κ1) is 16.7. The van der Waals surface area contributed by atoms with E-state index in [2.05, 4.69) is 20.3 Å². The van der Waals surface area contributed by atoms with Crippen molar-refractivity contribution < 1.29 is 14.1 Å². The van der Waals surface area contributed by atoms with E-state index in [9.17, 15) is 9.59 Å². The van der Waals surface area contributed by atoms with E-state index in [4.69, 9.17) is 0 Å². The third-order valence-corrected chi connectivity index (χ3v) is 3.43. The van der Waals surface area contributed by atoms with Crippen LogP contribution in [0.25, 0.3) is 0 Å². The Morgan fingerprint density at radius 1 is 1.17 bits per heavy atom. The number of carbonyl (C=O) groups excluding carboxylic acids is 2. The van der Waals surface area contributed by atoms with Gasteiger partial charge in [0.25, 0.3) is 0 Å². The average Bonchev–Trinajstić information content (AvgIpc) is 3.01. The zero-order valence-electron chi connectivity index (χ0n) is 13.4. The minimum atomic E-state index is -0.777. The van der Waals surface area contributed by atoms with Crippen LogP contribution in [0.15, 0.2) is 41.1 Å². The highest BCUT2D eigenvalue weighted by atomic mass is 16.5. The van der Waals surface area contributed by atoms with Crippen molar-refractivity contribution in [2.24, 2.45) is 0 Å². The molecule has 0 aliphatic heterocycles. The Labute approximate surface area is 134 Å². The van der Waals surface area contributed by atoms with E-state index in [0.29, 0.717) is 6.54 Å². The molecule has 122 valence electrons. The zero-order valence-corrected chi connectivity index (χ0v) is 13.4. The number of likely N-dealkylation sites (N-methyl/N-ethyl adjacent to an activating group) is 1. The van der Waals surface area contributed by atoms with E-state index in [1.165, 1.54) is 17.9 Å². The molecule has 2 N–H and O–H groups in total. The maximum absolute atomic E-state index is 11.9. The fourth-order valence-corrected chi connectivity index (χ4v) is 2.11. The van der Waals surface area contributed by atoms with Gasteiger partial charge >= 0.3 is 11.8 Å². The van der Waals surface area contributed by atoms with Crippen molar-refractivity contribution in [3.05, 3.63) is 47.7 Å². The summed E-state index contributed by atoms with van der Waals surface area (Å²) in [6.07, 6.45) is 1.31. The molecule has 1 aromatic carbocycles. The van der Waals surface area contributed by atoms with Crippen molar-refractivity contribution in [3.8, 4) is 0 Å². The summed E-state index contributed by atoms with van der Waals surface area (Å²) in [5.41, 5.74) is 2.24. The van der Waals surface area contributed by atoms with Crippen LogP contribution in [0.3, 0.4) is 0 Å². The molecule has 0 aliphatic carbocycles. The van der Waals surface area contributed by atoms with Gasteiger partial charge in [0, 0.05) is 12.6 Å². The molecule has 0 fully saturated rings. The predicted octanol–water partition coefficient (Wildman–Crippen LogP) is 1.34. The van der Waals surface area contributed by atoms with Gasteiger partial charge in [-0.2, -0.15) is 0 Å². The Morgan fingerprint density at radius 2 is 1.87 bits per heavy atom. The van der Waals surface area contributed by atoms with Gasteiger partial charge in [-0.05, 0) is 26.6 Å². The summed E-state index contributed by atoms with van der Waals surface area (Å²) >= 11 is 0. The van der Waals surface area contributed by atoms with Crippen LogP contribution in [0.1, 0.15) is 17.2 Å². The fourth-order valence-electron chi connectivity index (χ4n) is 2.11. The lowest BCUT2D eigenvalue weighted by atomic mass is 10.0. The molecular formula is C16H20N4O3. The van der Waals surface area contributed by atoms with Crippen LogP contribution in [-0.2, 0) is 9.59 Å². The normalized spacial score (nSPS) is 12.0. The smallest absolute Gasteiger partial charge is 0.314 e. The van der Waals surface area contributed by atoms with Gasteiger partial charge in [-0.3, -0.25) is 14.9 Å². The first-order valence-corrected chi connectivity index (χ1v) is 7.20. The quantitative estimate of drug-likeness (QED) is 0.813. The molecule has 0 aliphatic rings. The molecule has 23 heavy (non-hydrogen) atoms. The van der Waals surface area contributed by atoms with E-state index < -0.39 is 11.8 Å². The number of nitrogens with one attached hydrogen (secondary N) is 2. The van der Waals surface area contributed by atoms with Crippen LogP contribution in [-0.4, -0.2) is 42.5 Å². The number of carbonyl (C=O) groups is 2. The highest BCUT2D eigenvalue weighted by molar-refractivity contribution is 6.39. The lowest BCUT2D eigenvalue weighted by molar-refractivity contribution is -0.136. The maximum atomic E-state index is 11.9. The summed E-state index contributed by atoms with van der Waals surface area (Å²) < 4.78 is 4.59. The number of anilines is 1. The molecule has 2 amide bonds. The summed E-state index contributed by atoms with van der Waals surface area (Å²) in [6, 6.07) is 9.50. The fraction of sp³-hybridized carbons (Fsp3) is 0.312. The summed E-state index contributed by atoms with van der Waals surface area (Å²) in [5.74, 6) is -1.29. The molecule has 1 unspecified atom stereocenters. The molecule has 2 aromatic rings. The van der Waals surface area contributed by atoms with Gasteiger partial charge in [-0.15, -0.1) is 0 Å². The van der Waals surface area contributed by atoms with E-state index in [-0.39, 0.29) is 11.9 Å². The van der Waals surface area contributed by atoms with Crippen LogP contribution in [0.2, 0.25) is 0 Å². The largest absolute Gasteiger partial charge is 0.363 e. The molecule has 1 aromatic heterocycles. The number of hydrogen-bond donors (Lipinski definition) is 2. The van der Waals surface area contributed by atoms with E-state index in [0.717, 1.165) is 5.56 Å². The van der Waals surface area contributed by atoms with Crippen LogP contribution in [0.5, 0.6) is 0 Å². The third-order valence-electron chi connectivity index (χ3n) is 3.43. The van der Waals surface area contributed by atoms with E-state index in [1.807, 2.05) is 50.2 Å². The molecule has 0 saturated heterocycles. The average molecular weight is 316 g/mol. The number of amides is 2. The predicted molar refractivity (Wildman–Crippen MR) is 85.7 cm³/mol. The standard InChI is InChI=1S/C16H20N4O3/c1-11-4-6-12(7-5-11)13(20(2)3)10-17-15(21)16(22)18-14-8-9-23-19-14/h4-9,13H,10H2,1-3H3,(H,17,21)(H,18,19,22). The number of aromatic nitrogens is 1. The highest BCUT2D eigenvalue weighted by Gasteiger charge is 2.19. The molecule has 0 radical (unpaired) electrons. The monoisotopic (exact) mass is 316 g/mol. The molecule has 2 rings (SSSR count). The van der Waals surface area contributed by atoms with Gasteiger partial charge in [-0.25, -0.2) is 0 Å². The summed E-state index contributed by atoms with van der Waals surface area (Å²) in [6.45, 7) is 2.34. The highest BCUT2D eigenvalue weighted by Crippen LogP contribution is 2.17. The van der Waals surface area contributed by atoms with Crippen molar-refractivity contribution in [1.29, 1.82) is 0 Å². The molecule has 7 heteroatoms. The molecule has 0 bridgehead atoms. The van der Waals surface area contributed by atoms with Gasteiger partial charge in [-0.1, -0.05) is 35.0 Å². The molecule has 1 heterocycles. The van der Waals surface area contributed by atoms with E-state index >= 15 is 0 Å². The van der Waals surface area contributed by atoms with Crippen LogP contribution in [0, 0.1) is 6.92 Å². The minimum Gasteiger partial charge on any atom is -0.363 e. The topological polar surface area (TPSA) is 87.5 Å². The Hall–Kier alpha value is -2.67.